The maximum absolute atomic E-state index is 13.3. The zero-order valence-corrected chi connectivity index (χ0v) is 17.8. The summed E-state index contributed by atoms with van der Waals surface area (Å²) in [5.41, 5.74) is 1.67. The van der Waals surface area contributed by atoms with Crippen LogP contribution < -0.4 is 9.64 Å². The van der Waals surface area contributed by atoms with Gasteiger partial charge in [0.1, 0.15) is 24.0 Å². The number of esters is 1. The van der Waals surface area contributed by atoms with E-state index in [-0.39, 0.29) is 19.0 Å². The number of carbonyl (C=O) groups is 3. The van der Waals surface area contributed by atoms with Crippen LogP contribution in [0.25, 0.3) is 0 Å². The van der Waals surface area contributed by atoms with Gasteiger partial charge in [0.15, 0.2) is 0 Å². The second kappa shape index (κ2) is 11.0. The molecule has 0 unspecified atom stereocenters. The number of anilines is 1. The molecule has 0 aliphatic heterocycles. The van der Waals surface area contributed by atoms with E-state index in [0.717, 1.165) is 7.11 Å². The maximum atomic E-state index is 13.3. The summed E-state index contributed by atoms with van der Waals surface area (Å²) < 4.78 is 36.8. The number of para-hydroxylation sites is 2. The lowest BCUT2D eigenvalue weighted by Gasteiger charge is -2.25. The predicted octanol–water partition coefficient (Wildman–Crippen LogP) is 4.21. The third-order valence-corrected chi connectivity index (χ3v) is 4.74. The SMILES string of the molecule is COC(=O)C(=O)CC(=O)N(Cc1ccc(F)cc1)c1ccccc1OCc1ccc(F)cc1. The molecule has 0 atom stereocenters. The second-order valence-corrected chi connectivity index (χ2v) is 7.08. The molecule has 0 bridgehead atoms. The summed E-state index contributed by atoms with van der Waals surface area (Å²) in [5.74, 6) is -3.23. The lowest BCUT2D eigenvalue weighted by molar-refractivity contribution is -0.152. The van der Waals surface area contributed by atoms with E-state index < -0.39 is 29.9 Å². The number of rotatable bonds is 9. The van der Waals surface area contributed by atoms with Gasteiger partial charge < -0.3 is 14.4 Å². The number of nitrogens with zero attached hydrogens (tertiary/aromatic N) is 1. The number of hydrogen-bond donors (Lipinski definition) is 0. The van der Waals surface area contributed by atoms with E-state index in [1.807, 2.05) is 0 Å². The van der Waals surface area contributed by atoms with E-state index in [0.29, 0.717) is 22.6 Å². The van der Waals surface area contributed by atoms with Gasteiger partial charge in [-0.1, -0.05) is 36.4 Å². The minimum Gasteiger partial charge on any atom is -0.487 e. The number of benzene rings is 3. The van der Waals surface area contributed by atoms with Crippen molar-refractivity contribution in [1.29, 1.82) is 0 Å². The van der Waals surface area contributed by atoms with E-state index in [9.17, 15) is 23.2 Å². The highest BCUT2D eigenvalue weighted by atomic mass is 19.1. The van der Waals surface area contributed by atoms with Crippen LogP contribution in [0.15, 0.2) is 72.8 Å². The van der Waals surface area contributed by atoms with Crippen LogP contribution in [0.1, 0.15) is 17.5 Å². The summed E-state index contributed by atoms with van der Waals surface area (Å²) in [6, 6.07) is 18.0. The lowest BCUT2D eigenvalue weighted by Crippen LogP contribution is -2.34. The highest BCUT2D eigenvalue weighted by Crippen LogP contribution is 2.31. The largest absolute Gasteiger partial charge is 0.487 e. The van der Waals surface area contributed by atoms with Gasteiger partial charge in [-0.25, -0.2) is 13.6 Å². The average molecular weight is 453 g/mol. The Kier molecular flexibility index (Phi) is 7.86. The summed E-state index contributed by atoms with van der Waals surface area (Å²) >= 11 is 0. The van der Waals surface area contributed by atoms with Crippen molar-refractivity contribution < 1.29 is 32.6 Å². The minimum atomic E-state index is -1.12. The third-order valence-electron chi connectivity index (χ3n) is 4.74. The summed E-state index contributed by atoms with van der Waals surface area (Å²) in [6.45, 7) is 0.113. The van der Waals surface area contributed by atoms with Crippen LogP contribution in [-0.4, -0.2) is 24.8 Å². The maximum Gasteiger partial charge on any atom is 0.374 e. The first-order valence-corrected chi connectivity index (χ1v) is 9.99. The molecule has 8 heteroatoms. The number of ketones is 1. The number of carbonyl (C=O) groups excluding carboxylic acids is 3. The Hall–Kier alpha value is -4.07. The first kappa shape index (κ1) is 23.6. The van der Waals surface area contributed by atoms with E-state index in [2.05, 4.69) is 4.74 Å². The minimum absolute atomic E-state index is 0.00445. The van der Waals surface area contributed by atoms with Gasteiger partial charge >= 0.3 is 5.97 Å². The molecule has 0 radical (unpaired) electrons. The van der Waals surface area contributed by atoms with Crippen molar-refractivity contribution >= 4 is 23.3 Å². The third kappa shape index (κ3) is 6.46. The Morgan fingerprint density at radius 3 is 2.00 bits per heavy atom. The van der Waals surface area contributed by atoms with E-state index in [1.54, 1.807) is 36.4 Å². The fourth-order valence-electron chi connectivity index (χ4n) is 3.04. The predicted molar refractivity (Wildman–Crippen MR) is 116 cm³/mol. The number of halogens is 2. The van der Waals surface area contributed by atoms with Gasteiger partial charge in [0.25, 0.3) is 0 Å². The van der Waals surface area contributed by atoms with Crippen molar-refractivity contribution in [2.45, 2.75) is 19.6 Å². The Balaban J connectivity index is 1.89. The number of Topliss-reactive ketones (excluding diaryl/α,β-unsaturated/α-hetero) is 1. The Bertz CT molecular complexity index is 1130. The van der Waals surface area contributed by atoms with Gasteiger partial charge in [0, 0.05) is 0 Å². The normalized spacial score (nSPS) is 10.4. The Morgan fingerprint density at radius 1 is 0.818 bits per heavy atom. The zero-order valence-electron chi connectivity index (χ0n) is 17.8. The van der Waals surface area contributed by atoms with Gasteiger partial charge in [-0.15, -0.1) is 0 Å². The molecule has 0 aliphatic rings. The first-order chi connectivity index (χ1) is 15.9. The Morgan fingerprint density at radius 2 is 1.39 bits per heavy atom. The van der Waals surface area contributed by atoms with Crippen LogP contribution in [0, 0.1) is 11.6 Å². The summed E-state index contributed by atoms with van der Waals surface area (Å²) in [7, 11) is 1.06. The van der Waals surface area contributed by atoms with E-state index in [4.69, 9.17) is 4.74 Å². The van der Waals surface area contributed by atoms with Gasteiger partial charge in [0.2, 0.25) is 11.7 Å². The summed E-state index contributed by atoms with van der Waals surface area (Å²) in [4.78, 5) is 37.8. The van der Waals surface area contributed by atoms with Crippen LogP contribution in [0.4, 0.5) is 14.5 Å². The second-order valence-electron chi connectivity index (χ2n) is 7.08. The van der Waals surface area contributed by atoms with Gasteiger partial charge in [-0.3, -0.25) is 9.59 Å². The molecule has 6 nitrogen and oxygen atoms in total. The van der Waals surface area contributed by atoms with Crippen molar-refractivity contribution in [2.75, 3.05) is 12.0 Å². The van der Waals surface area contributed by atoms with Crippen molar-refractivity contribution in [3.8, 4) is 5.75 Å². The molecule has 0 aromatic heterocycles. The molecule has 3 aromatic rings. The van der Waals surface area contributed by atoms with Gasteiger partial charge in [-0.05, 0) is 47.5 Å². The van der Waals surface area contributed by atoms with Crippen molar-refractivity contribution in [1.82, 2.24) is 0 Å². The summed E-state index contributed by atoms with van der Waals surface area (Å²) in [6.07, 6.45) is -0.708. The molecular weight excluding hydrogens is 432 g/mol. The fraction of sp³-hybridized carbons (Fsp3) is 0.160. The van der Waals surface area contributed by atoms with Crippen LogP contribution in [0.5, 0.6) is 5.75 Å². The number of ether oxygens (including phenoxy) is 2. The number of hydrogen-bond acceptors (Lipinski definition) is 5. The topological polar surface area (TPSA) is 72.9 Å². The lowest BCUT2D eigenvalue weighted by atomic mass is 10.1. The molecule has 0 saturated heterocycles. The number of methoxy groups -OCH3 is 1. The van der Waals surface area contributed by atoms with E-state index in [1.165, 1.54) is 41.3 Å². The highest BCUT2D eigenvalue weighted by Gasteiger charge is 2.25. The molecule has 0 N–H and O–H groups in total. The molecular formula is C25H21F2NO5. The molecule has 0 heterocycles. The summed E-state index contributed by atoms with van der Waals surface area (Å²) in [5, 5.41) is 0. The molecule has 3 aromatic carbocycles. The zero-order chi connectivity index (χ0) is 23.8. The van der Waals surface area contributed by atoms with Crippen LogP contribution >= 0.6 is 0 Å². The van der Waals surface area contributed by atoms with Crippen molar-refractivity contribution in [2.24, 2.45) is 0 Å². The molecule has 0 spiro atoms. The molecule has 1 amide bonds. The van der Waals surface area contributed by atoms with Crippen LogP contribution in [0.2, 0.25) is 0 Å². The molecule has 170 valence electrons. The Labute approximate surface area is 189 Å². The van der Waals surface area contributed by atoms with Crippen molar-refractivity contribution in [3.63, 3.8) is 0 Å². The molecule has 3 rings (SSSR count). The monoisotopic (exact) mass is 453 g/mol. The fourth-order valence-corrected chi connectivity index (χ4v) is 3.04. The molecule has 0 fully saturated rings. The van der Waals surface area contributed by atoms with Crippen molar-refractivity contribution in [3.05, 3.63) is 95.6 Å². The number of amides is 1. The van der Waals surface area contributed by atoms with Gasteiger partial charge in [-0.2, -0.15) is 0 Å². The van der Waals surface area contributed by atoms with Gasteiger partial charge in [0.05, 0.1) is 25.8 Å². The smallest absolute Gasteiger partial charge is 0.374 e. The molecule has 0 saturated carbocycles. The first-order valence-electron chi connectivity index (χ1n) is 9.99. The molecule has 33 heavy (non-hydrogen) atoms. The standard InChI is InChI=1S/C25H21F2NO5/c1-32-25(31)22(29)14-24(30)28(15-17-6-10-19(26)11-7-17)21-4-2-3-5-23(21)33-16-18-8-12-20(27)13-9-18/h2-13H,14-16H2,1H3. The van der Waals surface area contributed by atoms with Crippen LogP contribution in [-0.2, 0) is 32.3 Å². The van der Waals surface area contributed by atoms with Crippen LogP contribution in [0.3, 0.4) is 0 Å². The quantitative estimate of drug-likeness (QED) is 0.276. The highest BCUT2D eigenvalue weighted by molar-refractivity contribution is 6.37. The average Bonchev–Trinajstić information content (AvgIpc) is 2.83. The molecule has 0 aliphatic carbocycles. The van der Waals surface area contributed by atoms with E-state index >= 15 is 0 Å².